The number of amides is 4. The molecule has 0 radical (unpaired) electrons. The van der Waals surface area contributed by atoms with E-state index in [-0.39, 0.29) is 12.4 Å². The maximum Gasteiger partial charge on any atom is 0.320 e. The zero-order valence-electron chi connectivity index (χ0n) is 18.1. The largest absolute Gasteiger partial charge is 0.372 e. The molecular formula is C23H31N5O3. The topological polar surface area (TPSA) is 140 Å². The minimum Gasteiger partial charge on any atom is -0.372 e. The third-order valence-electron chi connectivity index (χ3n) is 5.58. The average molecular weight is 426 g/mol. The first kappa shape index (κ1) is 23.9. The van der Waals surface area contributed by atoms with E-state index in [0.717, 1.165) is 41.0 Å². The second kappa shape index (κ2) is 11.7. The summed E-state index contributed by atoms with van der Waals surface area (Å²) < 4.78 is 0. The van der Waals surface area contributed by atoms with Gasteiger partial charge in [-0.1, -0.05) is 31.7 Å². The first-order chi connectivity index (χ1) is 14.9. The number of pyridine rings is 1. The molecule has 1 saturated carbocycles. The molecule has 3 rings (SSSR count). The first-order valence-electron chi connectivity index (χ1n) is 10.4. The monoisotopic (exact) mass is 425 g/mol. The number of nitrogens with one attached hydrogen (secondary N) is 2. The number of rotatable bonds is 6. The van der Waals surface area contributed by atoms with Crippen LogP contribution in [0.4, 0.5) is 10.6 Å². The second-order valence-corrected chi connectivity index (χ2v) is 7.61. The van der Waals surface area contributed by atoms with Crippen LogP contribution in [0.15, 0.2) is 30.5 Å². The van der Waals surface area contributed by atoms with Gasteiger partial charge in [-0.2, -0.15) is 0 Å². The third-order valence-corrected chi connectivity index (χ3v) is 5.58. The van der Waals surface area contributed by atoms with Crippen molar-refractivity contribution in [1.82, 2.24) is 10.3 Å². The molecule has 8 heteroatoms. The lowest BCUT2D eigenvalue weighted by molar-refractivity contribution is -0.106. The Balaban J connectivity index is 0.00000107. The molecule has 6 N–H and O–H groups in total. The van der Waals surface area contributed by atoms with Crippen molar-refractivity contribution in [1.29, 1.82) is 0 Å². The number of urea groups is 1. The van der Waals surface area contributed by atoms with Gasteiger partial charge in [0.25, 0.3) is 0 Å². The number of primary amides is 2. The van der Waals surface area contributed by atoms with E-state index in [2.05, 4.69) is 21.4 Å². The summed E-state index contributed by atoms with van der Waals surface area (Å²) in [5.74, 6) is 0.805. The van der Waals surface area contributed by atoms with Gasteiger partial charge in [0, 0.05) is 24.4 Å². The minimum atomic E-state index is -0.395. The van der Waals surface area contributed by atoms with Gasteiger partial charge in [0.1, 0.15) is 5.82 Å². The highest BCUT2D eigenvalue weighted by atomic mass is 16.2. The van der Waals surface area contributed by atoms with Crippen molar-refractivity contribution < 1.29 is 14.4 Å². The van der Waals surface area contributed by atoms with Crippen LogP contribution in [0.25, 0.3) is 11.1 Å². The van der Waals surface area contributed by atoms with E-state index in [1.165, 1.54) is 25.7 Å². The third kappa shape index (κ3) is 6.53. The minimum absolute atomic E-state index is 0.250. The van der Waals surface area contributed by atoms with Gasteiger partial charge in [0.05, 0.1) is 0 Å². The summed E-state index contributed by atoms with van der Waals surface area (Å²) in [5.41, 5.74) is 14.5. The maximum atomic E-state index is 12.1. The maximum absolute atomic E-state index is 12.1. The highest BCUT2D eigenvalue weighted by Gasteiger charge is 2.20. The number of hydrogen-bond acceptors (Lipinski definition) is 4. The van der Waals surface area contributed by atoms with Crippen LogP contribution in [0, 0.1) is 12.8 Å². The number of aryl methyl sites for hydroxylation is 1. The molecule has 0 saturated heterocycles. The van der Waals surface area contributed by atoms with Gasteiger partial charge in [-0.15, -0.1) is 0 Å². The zero-order chi connectivity index (χ0) is 22.8. The SMILES string of the molecule is CNC(=O)Nc1ccc(-c2c(C)ccc(C(N)=O)c2CCC2CCCC2)cn1.NC=O. The fourth-order valence-corrected chi connectivity index (χ4v) is 4.10. The Hall–Kier alpha value is -3.42. The van der Waals surface area contributed by atoms with Crippen molar-refractivity contribution in [3.05, 3.63) is 47.2 Å². The van der Waals surface area contributed by atoms with Crippen molar-refractivity contribution >= 4 is 24.2 Å². The molecule has 1 aliphatic carbocycles. The Labute approximate surface area is 182 Å². The van der Waals surface area contributed by atoms with Crippen LogP contribution in [-0.2, 0) is 11.2 Å². The van der Waals surface area contributed by atoms with E-state index in [0.29, 0.717) is 11.4 Å². The molecule has 0 aliphatic heterocycles. The molecule has 8 nitrogen and oxygen atoms in total. The van der Waals surface area contributed by atoms with Gasteiger partial charge in [-0.3, -0.25) is 14.9 Å². The van der Waals surface area contributed by atoms with E-state index < -0.39 is 5.91 Å². The number of aromatic nitrogens is 1. The van der Waals surface area contributed by atoms with E-state index in [1.807, 2.05) is 25.1 Å². The standard InChI is InChI=1S/C22H28N4O2.CH3NO/c1-14-7-10-18(21(23)27)17(11-8-15-5-3-4-6-15)20(14)16-9-12-19(25-13-16)26-22(28)24-2;2-1-3/h7,9-10,12-13,15H,3-6,8,11H2,1-2H3,(H2,23,27)(H2,24,25,26,28);1H,(H2,2,3). The predicted molar refractivity (Wildman–Crippen MR) is 122 cm³/mol. The molecule has 1 aromatic heterocycles. The van der Waals surface area contributed by atoms with Crippen LogP contribution >= 0.6 is 0 Å². The quantitative estimate of drug-likeness (QED) is 0.528. The molecule has 1 fully saturated rings. The number of nitrogens with two attached hydrogens (primary N) is 2. The number of anilines is 1. The van der Waals surface area contributed by atoms with Crippen LogP contribution in [0.2, 0.25) is 0 Å². The summed E-state index contributed by atoms with van der Waals surface area (Å²) in [6.07, 6.45) is 9.04. The van der Waals surface area contributed by atoms with E-state index in [1.54, 1.807) is 19.3 Å². The fourth-order valence-electron chi connectivity index (χ4n) is 4.10. The fraction of sp³-hybridized carbons (Fsp3) is 0.391. The molecule has 0 unspecified atom stereocenters. The smallest absolute Gasteiger partial charge is 0.320 e. The summed E-state index contributed by atoms with van der Waals surface area (Å²) in [5, 5.41) is 5.16. The van der Waals surface area contributed by atoms with E-state index in [4.69, 9.17) is 10.5 Å². The zero-order valence-corrected chi connectivity index (χ0v) is 18.1. The average Bonchev–Trinajstić information content (AvgIpc) is 3.27. The molecule has 1 aliphatic rings. The molecule has 0 bridgehead atoms. The van der Waals surface area contributed by atoms with E-state index >= 15 is 0 Å². The van der Waals surface area contributed by atoms with Crippen LogP contribution in [0.1, 0.15) is 53.6 Å². The van der Waals surface area contributed by atoms with Gasteiger partial charge >= 0.3 is 6.03 Å². The molecule has 0 spiro atoms. The van der Waals surface area contributed by atoms with Gasteiger partial charge in [-0.25, -0.2) is 9.78 Å². The first-order valence-corrected chi connectivity index (χ1v) is 10.4. The predicted octanol–water partition coefficient (Wildman–Crippen LogP) is 3.13. The number of benzene rings is 1. The highest BCUT2D eigenvalue weighted by Crippen LogP contribution is 2.34. The Morgan fingerprint density at radius 1 is 1.19 bits per heavy atom. The molecule has 4 amide bonds. The van der Waals surface area contributed by atoms with Crippen molar-refractivity contribution in [2.45, 2.75) is 45.4 Å². The molecule has 2 aromatic rings. The lowest BCUT2D eigenvalue weighted by atomic mass is 9.87. The van der Waals surface area contributed by atoms with Crippen LogP contribution < -0.4 is 22.1 Å². The molecule has 31 heavy (non-hydrogen) atoms. The lowest BCUT2D eigenvalue weighted by Crippen LogP contribution is -2.24. The van der Waals surface area contributed by atoms with Crippen molar-refractivity contribution in [2.24, 2.45) is 17.4 Å². The van der Waals surface area contributed by atoms with Crippen molar-refractivity contribution in [3.63, 3.8) is 0 Å². The van der Waals surface area contributed by atoms with Gasteiger partial charge < -0.3 is 16.8 Å². The van der Waals surface area contributed by atoms with Crippen LogP contribution in [0.3, 0.4) is 0 Å². The molecule has 166 valence electrons. The summed E-state index contributed by atoms with van der Waals surface area (Å²) in [7, 11) is 1.55. The van der Waals surface area contributed by atoms with Gasteiger partial charge in [0.15, 0.2) is 0 Å². The molecule has 1 heterocycles. The van der Waals surface area contributed by atoms with Gasteiger partial charge in [0.2, 0.25) is 12.3 Å². The lowest BCUT2D eigenvalue weighted by Gasteiger charge is -2.18. The Kier molecular flexibility index (Phi) is 8.99. The Bertz CT molecular complexity index is 906. The summed E-state index contributed by atoms with van der Waals surface area (Å²) in [6, 6.07) is 7.14. The van der Waals surface area contributed by atoms with Gasteiger partial charge in [-0.05, 0) is 60.6 Å². The summed E-state index contributed by atoms with van der Waals surface area (Å²) in [6.45, 7) is 2.04. The molecular weight excluding hydrogens is 394 g/mol. The Morgan fingerprint density at radius 2 is 1.87 bits per heavy atom. The highest BCUT2D eigenvalue weighted by molar-refractivity contribution is 5.97. The number of carbonyl (C=O) groups is 3. The number of carbonyl (C=O) groups excluding carboxylic acids is 3. The van der Waals surface area contributed by atoms with Crippen LogP contribution in [0.5, 0.6) is 0 Å². The summed E-state index contributed by atoms with van der Waals surface area (Å²) in [4.78, 5) is 36.5. The second-order valence-electron chi connectivity index (χ2n) is 7.61. The van der Waals surface area contributed by atoms with Crippen molar-refractivity contribution in [2.75, 3.05) is 12.4 Å². The van der Waals surface area contributed by atoms with E-state index in [9.17, 15) is 9.59 Å². The Morgan fingerprint density at radius 3 is 2.42 bits per heavy atom. The van der Waals surface area contributed by atoms with Crippen molar-refractivity contribution in [3.8, 4) is 11.1 Å². The number of nitrogens with zero attached hydrogens (tertiary/aromatic N) is 1. The molecule has 0 atom stereocenters. The molecule has 1 aromatic carbocycles. The number of hydrogen-bond donors (Lipinski definition) is 4. The normalized spacial score (nSPS) is 13.1. The van der Waals surface area contributed by atoms with Crippen LogP contribution in [-0.4, -0.2) is 30.4 Å². The summed E-state index contributed by atoms with van der Waals surface area (Å²) >= 11 is 0.